The standard InChI is InChI=1S/C19H18O3/c1-22-18(20)19(21,17-13-6-3-7-14-17)15-9-8-12-16-10-4-2-5-11-16/h2-7,10-11,13-14,21H,8,12H2,1H3/t19-/m0/s1. The molecule has 1 N–H and O–H groups in total. The average molecular weight is 294 g/mol. The maximum absolute atomic E-state index is 11.9. The SMILES string of the molecule is COC(=O)[C@](O)(C#CCCc1ccccc1)c1ccccc1. The van der Waals surface area contributed by atoms with E-state index in [0.717, 1.165) is 12.0 Å². The second-order valence-electron chi connectivity index (χ2n) is 4.86. The lowest BCUT2D eigenvalue weighted by Crippen LogP contribution is -2.35. The van der Waals surface area contributed by atoms with E-state index >= 15 is 0 Å². The number of carbonyl (C=O) groups is 1. The first kappa shape index (κ1) is 15.8. The van der Waals surface area contributed by atoms with E-state index in [4.69, 9.17) is 4.74 Å². The third kappa shape index (κ3) is 3.75. The van der Waals surface area contributed by atoms with Crippen LogP contribution in [0.25, 0.3) is 0 Å². The van der Waals surface area contributed by atoms with Gasteiger partial charge in [0.1, 0.15) is 0 Å². The van der Waals surface area contributed by atoms with Crippen molar-refractivity contribution < 1.29 is 14.6 Å². The van der Waals surface area contributed by atoms with Crippen molar-refractivity contribution in [2.45, 2.75) is 18.4 Å². The van der Waals surface area contributed by atoms with Gasteiger partial charge in [-0.15, -0.1) is 0 Å². The summed E-state index contributed by atoms with van der Waals surface area (Å²) in [5.74, 6) is 4.78. The highest BCUT2D eigenvalue weighted by atomic mass is 16.5. The molecule has 0 saturated carbocycles. The summed E-state index contributed by atoms with van der Waals surface area (Å²) in [6, 6.07) is 18.5. The summed E-state index contributed by atoms with van der Waals surface area (Å²) in [6.07, 6.45) is 1.32. The average Bonchev–Trinajstić information content (AvgIpc) is 2.59. The fourth-order valence-electron chi connectivity index (χ4n) is 2.11. The van der Waals surface area contributed by atoms with Crippen molar-refractivity contribution >= 4 is 5.97 Å². The Hall–Kier alpha value is -2.57. The van der Waals surface area contributed by atoms with Crippen molar-refractivity contribution in [2.75, 3.05) is 7.11 Å². The number of aliphatic hydroxyl groups is 1. The first-order chi connectivity index (χ1) is 10.7. The number of rotatable bonds is 4. The molecule has 0 aliphatic heterocycles. The number of aryl methyl sites for hydroxylation is 1. The molecule has 1 atom stereocenters. The molecule has 0 unspecified atom stereocenters. The van der Waals surface area contributed by atoms with Gasteiger partial charge in [0.2, 0.25) is 5.60 Å². The third-order valence-electron chi connectivity index (χ3n) is 3.32. The van der Waals surface area contributed by atoms with Gasteiger partial charge in [0.25, 0.3) is 0 Å². The van der Waals surface area contributed by atoms with Crippen molar-refractivity contribution in [1.82, 2.24) is 0 Å². The first-order valence-electron chi connectivity index (χ1n) is 7.07. The molecule has 22 heavy (non-hydrogen) atoms. The van der Waals surface area contributed by atoms with E-state index in [2.05, 4.69) is 11.8 Å². The van der Waals surface area contributed by atoms with Crippen LogP contribution in [0.2, 0.25) is 0 Å². The van der Waals surface area contributed by atoms with Crippen LogP contribution < -0.4 is 0 Å². The van der Waals surface area contributed by atoms with Gasteiger partial charge < -0.3 is 9.84 Å². The van der Waals surface area contributed by atoms with Gasteiger partial charge >= 0.3 is 5.97 Å². The lowest BCUT2D eigenvalue weighted by atomic mass is 9.94. The molecule has 2 aromatic rings. The number of esters is 1. The van der Waals surface area contributed by atoms with Crippen LogP contribution in [0.15, 0.2) is 60.7 Å². The summed E-state index contributed by atoms with van der Waals surface area (Å²) >= 11 is 0. The fourth-order valence-corrected chi connectivity index (χ4v) is 2.11. The molecule has 112 valence electrons. The summed E-state index contributed by atoms with van der Waals surface area (Å²) < 4.78 is 4.69. The molecule has 0 aromatic heterocycles. The summed E-state index contributed by atoms with van der Waals surface area (Å²) in [7, 11) is 1.24. The molecule has 2 aromatic carbocycles. The minimum Gasteiger partial charge on any atom is -0.466 e. The molecule has 0 fully saturated rings. The molecular formula is C19H18O3. The van der Waals surface area contributed by atoms with Crippen LogP contribution >= 0.6 is 0 Å². The first-order valence-corrected chi connectivity index (χ1v) is 7.07. The molecule has 2 rings (SSSR count). The van der Waals surface area contributed by atoms with Gasteiger partial charge in [0.05, 0.1) is 7.11 Å². The predicted molar refractivity (Wildman–Crippen MR) is 84.9 cm³/mol. The zero-order valence-electron chi connectivity index (χ0n) is 12.5. The van der Waals surface area contributed by atoms with Crippen molar-refractivity contribution in [3.63, 3.8) is 0 Å². The van der Waals surface area contributed by atoms with Gasteiger partial charge in [-0.1, -0.05) is 72.5 Å². The molecule has 3 nitrogen and oxygen atoms in total. The molecule has 3 heteroatoms. The van der Waals surface area contributed by atoms with E-state index in [1.54, 1.807) is 24.3 Å². The van der Waals surface area contributed by atoms with Gasteiger partial charge in [-0.05, 0) is 12.0 Å². The van der Waals surface area contributed by atoms with Crippen LogP contribution in [-0.4, -0.2) is 18.2 Å². The molecule has 0 heterocycles. The monoisotopic (exact) mass is 294 g/mol. The zero-order valence-corrected chi connectivity index (χ0v) is 12.5. The lowest BCUT2D eigenvalue weighted by Gasteiger charge is -2.19. The van der Waals surface area contributed by atoms with Gasteiger partial charge in [-0.2, -0.15) is 0 Å². The molecule has 0 spiro atoms. The van der Waals surface area contributed by atoms with Crippen molar-refractivity contribution in [1.29, 1.82) is 0 Å². The topological polar surface area (TPSA) is 46.5 Å². The Balaban J connectivity index is 2.15. The summed E-state index contributed by atoms with van der Waals surface area (Å²) in [5.41, 5.74) is -0.348. The number of benzene rings is 2. The summed E-state index contributed by atoms with van der Waals surface area (Å²) in [4.78, 5) is 11.9. The smallest absolute Gasteiger partial charge is 0.355 e. The summed E-state index contributed by atoms with van der Waals surface area (Å²) in [6.45, 7) is 0. The van der Waals surface area contributed by atoms with Gasteiger partial charge in [0, 0.05) is 12.0 Å². The fraction of sp³-hybridized carbons (Fsp3) is 0.211. The molecule has 0 saturated heterocycles. The molecule has 0 aliphatic rings. The lowest BCUT2D eigenvalue weighted by molar-refractivity contribution is -0.157. The molecule has 0 radical (unpaired) electrons. The Morgan fingerprint density at radius 3 is 2.27 bits per heavy atom. The van der Waals surface area contributed by atoms with Crippen LogP contribution in [0.3, 0.4) is 0 Å². The molecule has 0 aliphatic carbocycles. The van der Waals surface area contributed by atoms with Crippen molar-refractivity contribution in [2.24, 2.45) is 0 Å². The normalized spacial score (nSPS) is 12.6. The third-order valence-corrected chi connectivity index (χ3v) is 3.32. The second-order valence-corrected chi connectivity index (χ2v) is 4.86. The van der Waals surface area contributed by atoms with Crippen LogP contribution in [0, 0.1) is 11.8 Å². The summed E-state index contributed by atoms with van der Waals surface area (Å²) in [5, 5.41) is 10.6. The highest BCUT2D eigenvalue weighted by molar-refractivity contribution is 5.85. The highest BCUT2D eigenvalue weighted by Crippen LogP contribution is 2.21. The van der Waals surface area contributed by atoms with Gasteiger partial charge in [-0.3, -0.25) is 0 Å². The van der Waals surface area contributed by atoms with Crippen LogP contribution in [0.1, 0.15) is 17.5 Å². The number of methoxy groups -OCH3 is 1. The van der Waals surface area contributed by atoms with E-state index in [-0.39, 0.29) is 0 Å². The van der Waals surface area contributed by atoms with Gasteiger partial charge in [-0.25, -0.2) is 4.79 Å². The Morgan fingerprint density at radius 1 is 1.09 bits per heavy atom. The Bertz CT molecular complexity index is 668. The number of carbonyl (C=O) groups excluding carboxylic acids is 1. The Kier molecular flexibility index (Phi) is 5.35. The largest absolute Gasteiger partial charge is 0.466 e. The molecule has 0 bridgehead atoms. The van der Waals surface area contributed by atoms with Gasteiger partial charge in [0.15, 0.2) is 0 Å². The maximum atomic E-state index is 11.9. The quantitative estimate of drug-likeness (QED) is 0.696. The molecule has 0 amide bonds. The zero-order chi connectivity index (χ0) is 15.8. The number of ether oxygens (including phenoxy) is 1. The van der Waals surface area contributed by atoms with E-state index < -0.39 is 11.6 Å². The van der Waals surface area contributed by atoms with Crippen molar-refractivity contribution in [3.8, 4) is 11.8 Å². The highest BCUT2D eigenvalue weighted by Gasteiger charge is 2.37. The van der Waals surface area contributed by atoms with E-state index in [1.807, 2.05) is 36.4 Å². The van der Waals surface area contributed by atoms with E-state index in [1.165, 1.54) is 7.11 Å². The van der Waals surface area contributed by atoms with Crippen LogP contribution in [-0.2, 0) is 21.6 Å². The Labute approximate surface area is 130 Å². The second kappa shape index (κ2) is 7.44. The predicted octanol–water partition coefficient (Wildman–Crippen LogP) is 2.68. The van der Waals surface area contributed by atoms with E-state index in [9.17, 15) is 9.90 Å². The maximum Gasteiger partial charge on any atom is 0.355 e. The van der Waals surface area contributed by atoms with Crippen molar-refractivity contribution in [3.05, 3.63) is 71.8 Å². The van der Waals surface area contributed by atoms with Crippen LogP contribution in [0.5, 0.6) is 0 Å². The number of hydrogen-bond donors (Lipinski definition) is 1. The molecular weight excluding hydrogens is 276 g/mol. The van der Waals surface area contributed by atoms with E-state index in [0.29, 0.717) is 12.0 Å². The number of hydrogen-bond acceptors (Lipinski definition) is 3. The minimum absolute atomic E-state index is 0.411. The Morgan fingerprint density at radius 2 is 1.68 bits per heavy atom. The minimum atomic E-state index is -1.92. The van der Waals surface area contributed by atoms with Crippen LogP contribution in [0.4, 0.5) is 0 Å².